The van der Waals surface area contributed by atoms with Crippen molar-refractivity contribution in [3.8, 4) is 11.5 Å². The van der Waals surface area contributed by atoms with Gasteiger partial charge in [0.25, 0.3) is 0 Å². The summed E-state index contributed by atoms with van der Waals surface area (Å²) in [4.78, 5) is 24.9. The molecule has 0 aliphatic heterocycles. The monoisotopic (exact) mass is 614 g/mol. The molecule has 0 saturated carbocycles. The second kappa shape index (κ2) is 21.1. The number of hydrogen-bond donors (Lipinski definition) is 1. The van der Waals surface area contributed by atoms with Gasteiger partial charge < -0.3 is 9.47 Å². The Morgan fingerprint density at radius 3 is 2.00 bits per heavy atom. The number of carbonyl (C=O) groups excluding carboxylic acids is 2. The van der Waals surface area contributed by atoms with E-state index in [1.807, 2.05) is 6.92 Å². The van der Waals surface area contributed by atoms with E-state index in [9.17, 15) is 9.59 Å². The van der Waals surface area contributed by atoms with Crippen molar-refractivity contribution in [3.05, 3.63) is 58.1 Å². The van der Waals surface area contributed by atoms with Crippen molar-refractivity contribution in [1.82, 2.24) is 5.43 Å². The quantitative estimate of drug-likeness (QED) is 0.0499. The van der Waals surface area contributed by atoms with E-state index in [1.54, 1.807) is 42.5 Å². The Morgan fingerprint density at radius 2 is 1.40 bits per heavy atom. The van der Waals surface area contributed by atoms with Crippen LogP contribution >= 0.6 is 15.9 Å². The first-order chi connectivity index (χ1) is 19.5. The molecular weight excluding hydrogens is 568 g/mol. The number of nitrogens with zero attached hydrogens (tertiary/aromatic N) is 1. The number of halogens is 1. The lowest BCUT2D eigenvalue weighted by Gasteiger charge is -2.09. The largest absolute Gasteiger partial charge is 0.494 e. The standard InChI is InChI=1S/C33H47BrN2O4/c1-3-5-6-7-8-9-10-11-12-13-14-15-16-17-32(37)36-35-26-28-25-29(34)20-23-31(28)40-33(38)27-18-21-30(22-19-27)39-24-4-2/h18-23,25-26H,3-17,24H2,1-2H3,(H,36,37). The predicted molar refractivity (Wildman–Crippen MR) is 167 cm³/mol. The number of rotatable bonds is 21. The van der Waals surface area contributed by atoms with E-state index in [4.69, 9.17) is 9.47 Å². The number of ether oxygens (including phenoxy) is 2. The van der Waals surface area contributed by atoms with Gasteiger partial charge in [-0.05, 0) is 55.3 Å². The van der Waals surface area contributed by atoms with Crippen LogP contribution in [0.3, 0.4) is 0 Å². The smallest absolute Gasteiger partial charge is 0.343 e. The van der Waals surface area contributed by atoms with Crippen LogP contribution in [0.2, 0.25) is 0 Å². The second-order valence-electron chi connectivity index (χ2n) is 10.2. The van der Waals surface area contributed by atoms with Crippen LogP contribution in [0.1, 0.15) is 126 Å². The van der Waals surface area contributed by atoms with Gasteiger partial charge in [-0.15, -0.1) is 0 Å². The molecule has 0 aliphatic rings. The molecule has 2 aromatic rings. The molecule has 0 unspecified atom stereocenters. The molecule has 0 aliphatic carbocycles. The van der Waals surface area contributed by atoms with E-state index >= 15 is 0 Å². The summed E-state index contributed by atoms with van der Waals surface area (Å²) in [6.07, 6.45) is 19.4. The Morgan fingerprint density at radius 1 is 0.800 bits per heavy atom. The minimum Gasteiger partial charge on any atom is -0.494 e. The number of esters is 1. The van der Waals surface area contributed by atoms with Gasteiger partial charge in [0.2, 0.25) is 5.91 Å². The number of carbonyl (C=O) groups is 2. The van der Waals surface area contributed by atoms with Crippen LogP contribution in [0.25, 0.3) is 0 Å². The van der Waals surface area contributed by atoms with Crippen LogP contribution in [0, 0.1) is 0 Å². The summed E-state index contributed by atoms with van der Waals surface area (Å²) >= 11 is 3.44. The zero-order chi connectivity index (χ0) is 28.8. The summed E-state index contributed by atoms with van der Waals surface area (Å²) in [5.41, 5.74) is 3.58. The fraction of sp³-hybridized carbons (Fsp3) is 0.545. The highest BCUT2D eigenvalue weighted by Gasteiger charge is 2.12. The minimum absolute atomic E-state index is 0.113. The average molecular weight is 616 g/mol. The number of hydrogen-bond acceptors (Lipinski definition) is 5. The lowest BCUT2D eigenvalue weighted by molar-refractivity contribution is -0.121. The molecule has 0 bridgehead atoms. The number of benzene rings is 2. The van der Waals surface area contributed by atoms with Gasteiger partial charge >= 0.3 is 5.97 Å². The van der Waals surface area contributed by atoms with E-state index < -0.39 is 5.97 Å². The third-order valence-corrected chi connectivity index (χ3v) is 7.13. The Kier molecular flexibility index (Phi) is 17.7. The molecule has 2 rings (SSSR count). The van der Waals surface area contributed by atoms with Gasteiger partial charge in [-0.25, -0.2) is 10.2 Å². The number of amides is 1. The zero-order valence-electron chi connectivity index (χ0n) is 24.4. The van der Waals surface area contributed by atoms with Crippen molar-refractivity contribution in [1.29, 1.82) is 0 Å². The van der Waals surface area contributed by atoms with E-state index in [1.165, 1.54) is 76.8 Å². The molecule has 1 N–H and O–H groups in total. The minimum atomic E-state index is -0.481. The lowest BCUT2D eigenvalue weighted by atomic mass is 10.0. The molecule has 1 amide bonds. The highest BCUT2D eigenvalue weighted by Crippen LogP contribution is 2.23. The van der Waals surface area contributed by atoms with Crippen LogP contribution in [0.15, 0.2) is 52.0 Å². The van der Waals surface area contributed by atoms with E-state index in [0.29, 0.717) is 35.7 Å². The first kappa shape index (κ1) is 33.5. The molecule has 0 saturated heterocycles. The fourth-order valence-corrected chi connectivity index (χ4v) is 4.69. The second-order valence-corrected chi connectivity index (χ2v) is 11.1. The maximum absolute atomic E-state index is 12.7. The maximum Gasteiger partial charge on any atom is 0.343 e. The van der Waals surface area contributed by atoms with Crippen LogP contribution in [0.5, 0.6) is 11.5 Å². The van der Waals surface area contributed by atoms with Crippen molar-refractivity contribution in [3.63, 3.8) is 0 Å². The molecule has 40 heavy (non-hydrogen) atoms. The summed E-state index contributed by atoms with van der Waals surface area (Å²) in [6, 6.07) is 12.1. The Bertz CT molecular complexity index is 1020. The number of hydrazone groups is 1. The number of unbranched alkanes of at least 4 members (excludes halogenated alkanes) is 12. The van der Waals surface area contributed by atoms with E-state index in [-0.39, 0.29) is 5.91 Å². The molecular formula is C33H47BrN2O4. The molecule has 0 heterocycles. The molecule has 7 heteroatoms. The van der Waals surface area contributed by atoms with Crippen LogP contribution in [0.4, 0.5) is 0 Å². The summed E-state index contributed by atoms with van der Waals surface area (Å²) in [5.74, 6) is 0.474. The van der Waals surface area contributed by atoms with Crippen LogP contribution in [-0.4, -0.2) is 24.7 Å². The molecule has 6 nitrogen and oxygen atoms in total. The zero-order valence-corrected chi connectivity index (χ0v) is 26.0. The fourth-order valence-electron chi connectivity index (χ4n) is 4.31. The first-order valence-electron chi connectivity index (χ1n) is 15.1. The van der Waals surface area contributed by atoms with Gasteiger partial charge in [0, 0.05) is 16.5 Å². The van der Waals surface area contributed by atoms with Gasteiger partial charge in [0.15, 0.2) is 0 Å². The van der Waals surface area contributed by atoms with Crippen LogP contribution < -0.4 is 14.9 Å². The Labute approximate surface area is 249 Å². The third-order valence-electron chi connectivity index (χ3n) is 6.64. The van der Waals surface area contributed by atoms with Gasteiger partial charge in [0.1, 0.15) is 11.5 Å². The molecule has 0 fully saturated rings. The van der Waals surface area contributed by atoms with Gasteiger partial charge in [-0.2, -0.15) is 5.10 Å². The Balaban J connectivity index is 1.66. The van der Waals surface area contributed by atoms with Crippen molar-refractivity contribution < 1.29 is 19.1 Å². The van der Waals surface area contributed by atoms with Crippen molar-refractivity contribution in [2.45, 2.75) is 110 Å². The van der Waals surface area contributed by atoms with Crippen molar-refractivity contribution in [2.24, 2.45) is 5.10 Å². The summed E-state index contributed by atoms with van der Waals surface area (Å²) in [6.45, 7) is 4.92. The summed E-state index contributed by atoms with van der Waals surface area (Å²) in [5, 5.41) is 4.09. The molecule has 0 radical (unpaired) electrons. The van der Waals surface area contributed by atoms with Crippen LogP contribution in [-0.2, 0) is 4.79 Å². The lowest BCUT2D eigenvalue weighted by Crippen LogP contribution is -2.17. The SMILES string of the molecule is CCCCCCCCCCCCCCCC(=O)NN=Cc1cc(Br)ccc1OC(=O)c1ccc(OCCC)cc1. The Hall–Kier alpha value is -2.67. The summed E-state index contributed by atoms with van der Waals surface area (Å²) < 4.78 is 12.0. The highest BCUT2D eigenvalue weighted by atomic mass is 79.9. The third kappa shape index (κ3) is 14.6. The molecule has 2 aromatic carbocycles. The first-order valence-corrected chi connectivity index (χ1v) is 15.9. The predicted octanol–water partition coefficient (Wildman–Crippen LogP) is 9.39. The highest BCUT2D eigenvalue weighted by molar-refractivity contribution is 9.10. The van der Waals surface area contributed by atoms with E-state index in [2.05, 4.69) is 33.4 Å². The summed E-state index contributed by atoms with van der Waals surface area (Å²) in [7, 11) is 0. The molecule has 0 spiro atoms. The van der Waals surface area contributed by atoms with Gasteiger partial charge in [-0.1, -0.05) is 107 Å². The number of nitrogens with one attached hydrogen (secondary N) is 1. The topological polar surface area (TPSA) is 77.0 Å². The normalized spacial score (nSPS) is 11.1. The van der Waals surface area contributed by atoms with Crippen molar-refractivity contribution in [2.75, 3.05) is 6.61 Å². The van der Waals surface area contributed by atoms with Crippen molar-refractivity contribution >= 4 is 34.0 Å². The molecule has 0 aromatic heterocycles. The molecule has 0 atom stereocenters. The van der Waals surface area contributed by atoms with E-state index in [0.717, 1.165) is 23.7 Å². The molecule has 220 valence electrons. The average Bonchev–Trinajstić information content (AvgIpc) is 2.96. The van der Waals surface area contributed by atoms with Gasteiger partial charge in [-0.3, -0.25) is 4.79 Å². The van der Waals surface area contributed by atoms with Gasteiger partial charge in [0.05, 0.1) is 18.4 Å². The maximum atomic E-state index is 12.7.